The highest BCUT2D eigenvalue weighted by molar-refractivity contribution is 5.40. The summed E-state index contributed by atoms with van der Waals surface area (Å²) in [5, 5.41) is 0. The zero-order valence-electron chi connectivity index (χ0n) is 10.2. The van der Waals surface area contributed by atoms with Crippen LogP contribution in [0.5, 0.6) is 0 Å². The lowest BCUT2D eigenvalue weighted by molar-refractivity contribution is 0.533. The molecule has 0 spiro atoms. The van der Waals surface area contributed by atoms with Crippen LogP contribution in [0.15, 0.2) is 72.9 Å². The van der Waals surface area contributed by atoms with E-state index in [1.54, 1.807) is 0 Å². The van der Waals surface area contributed by atoms with Crippen molar-refractivity contribution in [2.24, 2.45) is 5.41 Å². The van der Waals surface area contributed by atoms with Crippen molar-refractivity contribution in [3.8, 4) is 0 Å². The van der Waals surface area contributed by atoms with E-state index in [0.29, 0.717) is 0 Å². The lowest BCUT2D eigenvalue weighted by Gasteiger charge is -2.27. The van der Waals surface area contributed by atoms with Gasteiger partial charge in [0.1, 0.15) is 0 Å². The average Bonchev–Trinajstić information content (AvgIpc) is 2.28. The SMILES string of the molecule is C=C/C1=C(C)/C=C/C=C/C=C\CC1(C)C=C. The van der Waals surface area contributed by atoms with Crippen molar-refractivity contribution >= 4 is 0 Å². The monoisotopic (exact) mass is 212 g/mol. The van der Waals surface area contributed by atoms with E-state index in [2.05, 4.69) is 51.3 Å². The molecule has 0 fully saturated rings. The molecule has 1 unspecified atom stereocenters. The first-order valence-corrected chi connectivity index (χ1v) is 5.61. The smallest absolute Gasteiger partial charge is 0.0138 e. The Hall–Kier alpha value is -1.56. The molecule has 0 aliphatic heterocycles. The summed E-state index contributed by atoms with van der Waals surface area (Å²) < 4.78 is 0. The third-order valence-corrected chi connectivity index (χ3v) is 3.05. The number of hydrogen-bond donors (Lipinski definition) is 0. The molecule has 1 rings (SSSR count). The van der Waals surface area contributed by atoms with Crippen LogP contribution in [0.3, 0.4) is 0 Å². The predicted molar refractivity (Wildman–Crippen MR) is 73.2 cm³/mol. The van der Waals surface area contributed by atoms with Crippen LogP contribution < -0.4 is 0 Å². The van der Waals surface area contributed by atoms with Crippen LogP contribution >= 0.6 is 0 Å². The normalized spacial score (nSPS) is 36.1. The maximum absolute atomic E-state index is 3.96. The van der Waals surface area contributed by atoms with Crippen LogP contribution in [0.2, 0.25) is 0 Å². The topological polar surface area (TPSA) is 0 Å². The minimum absolute atomic E-state index is 0.0299. The van der Waals surface area contributed by atoms with Gasteiger partial charge >= 0.3 is 0 Å². The molecule has 1 aliphatic rings. The molecule has 84 valence electrons. The lowest BCUT2D eigenvalue weighted by atomic mass is 9.76. The molecule has 0 N–H and O–H groups in total. The fraction of sp³-hybridized carbons (Fsp3) is 0.250. The van der Waals surface area contributed by atoms with E-state index < -0.39 is 0 Å². The Labute approximate surface area is 99.1 Å². The van der Waals surface area contributed by atoms with Crippen molar-refractivity contribution in [1.29, 1.82) is 0 Å². The predicted octanol–water partition coefficient (Wildman–Crippen LogP) is 4.75. The quantitative estimate of drug-likeness (QED) is 0.579. The Bertz CT molecular complexity index is 388. The molecule has 0 amide bonds. The van der Waals surface area contributed by atoms with Gasteiger partial charge in [0.15, 0.2) is 0 Å². The zero-order valence-corrected chi connectivity index (χ0v) is 10.2. The van der Waals surface area contributed by atoms with Crippen molar-refractivity contribution in [2.75, 3.05) is 0 Å². The lowest BCUT2D eigenvalue weighted by Crippen LogP contribution is -2.15. The van der Waals surface area contributed by atoms with Gasteiger partial charge in [-0.15, -0.1) is 6.58 Å². The summed E-state index contributed by atoms with van der Waals surface area (Å²) in [6.45, 7) is 12.2. The van der Waals surface area contributed by atoms with E-state index in [4.69, 9.17) is 0 Å². The molecule has 0 aromatic heterocycles. The van der Waals surface area contributed by atoms with Crippen molar-refractivity contribution in [1.82, 2.24) is 0 Å². The molecule has 0 saturated heterocycles. The Morgan fingerprint density at radius 3 is 2.50 bits per heavy atom. The van der Waals surface area contributed by atoms with E-state index in [1.165, 1.54) is 11.1 Å². The van der Waals surface area contributed by atoms with E-state index in [0.717, 1.165) is 6.42 Å². The maximum Gasteiger partial charge on any atom is 0.0138 e. The minimum Gasteiger partial charge on any atom is -0.102 e. The third-order valence-electron chi connectivity index (χ3n) is 3.05. The van der Waals surface area contributed by atoms with Crippen LogP contribution in [-0.4, -0.2) is 0 Å². The number of allylic oxidation sites excluding steroid dienone is 10. The average molecular weight is 212 g/mol. The fourth-order valence-corrected chi connectivity index (χ4v) is 1.96. The van der Waals surface area contributed by atoms with Gasteiger partial charge in [0.2, 0.25) is 0 Å². The number of hydrogen-bond acceptors (Lipinski definition) is 0. The van der Waals surface area contributed by atoms with Crippen LogP contribution in [-0.2, 0) is 0 Å². The van der Waals surface area contributed by atoms with Gasteiger partial charge in [-0.3, -0.25) is 0 Å². The van der Waals surface area contributed by atoms with Gasteiger partial charge in [-0.25, -0.2) is 0 Å². The van der Waals surface area contributed by atoms with Gasteiger partial charge in [0.25, 0.3) is 0 Å². The second-order valence-electron chi connectivity index (χ2n) is 4.30. The van der Waals surface area contributed by atoms with Gasteiger partial charge < -0.3 is 0 Å². The molecule has 0 radical (unpaired) electrons. The van der Waals surface area contributed by atoms with Gasteiger partial charge in [0, 0.05) is 5.41 Å². The molecule has 0 aromatic carbocycles. The van der Waals surface area contributed by atoms with Crippen molar-refractivity contribution in [3.63, 3.8) is 0 Å². The summed E-state index contributed by atoms with van der Waals surface area (Å²) in [7, 11) is 0. The van der Waals surface area contributed by atoms with Crippen LogP contribution in [0, 0.1) is 5.41 Å². The van der Waals surface area contributed by atoms with Gasteiger partial charge in [-0.05, 0) is 24.5 Å². The molecule has 0 saturated carbocycles. The second-order valence-corrected chi connectivity index (χ2v) is 4.30. The van der Waals surface area contributed by atoms with Gasteiger partial charge in [-0.1, -0.05) is 62.1 Å². The van der Waals surface area contributed by atoms with E-state index in [-0.39, 0.29) is 5.41 Å². The first-order chi connectivity index (χ1) is 7.64. The zero-order chi connectivity index (χ0) is 12.0. The van der Waals surface area contributed by atoms with E-state index in [1.807, 2.05) is 24.3 Å². The summed E-state index contributed by atoms with van der Waals surface area (Å²) in [6, 6.07) is 0. The van der Waals surface area contributed by atoms with Gasteiger partial charge in [0.05, 0.1) is 0 Å². The van der Waals surface area contributed by atoms with Crippen LogP contribution in [0.1, 0.15) is 20.3 Å². The Morgan fingerprint density at radius 2 is 1.88 bits per heavy atom. The van der Waals surface area contributed by atoms with Crippen molar-refractivity contribution in [3.05, 3.63) is 72.9 Å². The molecule has 1 aliphatic carbocycles. The highest BCUT2D eigenvalue weighted by atomic mass is 14.3. The Kier molecular flexibility index (Phi) is 4.30. The standard InChI is InChI=1S/C16H20/c1-5-15-14(3)12-10-8-7-9-11-13-16(15,4)6-2/h5-12H,1-2,13H2,3-4H3/b8-7+,11-9-,12-10+,15-14-. The molecule has 0 bridgehead atoms. The first kappa shape index (κ1) is 12.5. The summed E-state index contributed by atoms with van der Waals surface area (Å²) in [6.07, 6.45) is 17.4. The van der Waals surface area contributed by atoms with Crippen LogP contribution in [0.4, 0.5) is 0 Å². The fourth-order valence-electron chi connectivity index (χ4n) is 1.96. The minimum atomic E-state index is -0.0299. The molecule has 0 nitrogen and oxygen atoms in total. The van der Waals surface area contributed by atoms with Crippen LogP contribution in [0.25, 0.3) is 0 Å². The summed E-state index contributed by atoms with van der Waals surface area (Å²) in [5.74, 6) is 0. The first-order valence-electron chi connectivity index (χ1n) is 5.61. The molecular weight excluding hydrogens is 192 g/mol. The molecule has 0 aromatic rings. The largest absolute Gasteiger partial charge is 0.102 e. The Balaban J connectivity index is 3.29. The Morgan fingerprint density at radius 1 is 1.19 bits per heavy atom. The molecule has 1 atom stereocenters. The molecular formula is C16H20. The maximum atomic E-state index is 3.96. The second kappa shape index (κ2) is 5.50. The molecule has 16 heavy (non-hydrogen) atoms. The van der Waals surface area contributed by atoms with Crippen molar-refractivity contribution in [2.45, 2.75) is 20.3 Å². The highest BCUT2D eigenvalue weighted by Crippen LogP contribution is 2.36. The molecule has 0 heterocycles. The number of rotatable bonds is 2. The summed E-state index contributed by atoms with van der Waals surface area (Å²) in [4.78, 5) is 0. The van der Waals surface area contributed by atoms with E-state index in [9.17, 15) is 0 Å². The van der Waals surface area contributed by atoms with E-state index >= 15 is 0 Å². The summed E-state index contributed by atoms with van der Waals surface area (Å²) >= 11 is 0. The summed E-state index contributed by atoms with van der Waals surface area (Å²) in [5.41, 5.74) is 2.47. The van der Waals surface area contributed by atoms with Gasteiger partial charge in [-0.2, -0.15) is 0 Å². The molecule has 0 heteroatoms. The van der Waals surface area contributed by atoms with Crippen molar-refractivity contribution < 1.29 is 0 Å². The highest BCUT2D eigenvalue weighted by Gasteiger charge is 2.23. The third kappa shape index (κ3) is 2.73.